The van der Waals surface area contributed by atoms with E-state index in [1.54, 1.807) is 0 Å². The lowest BCUT2D eigenvalue weighted by Gasteiger charge is -1.83. The van der Waals surface area contributed by atoms with Crippen LogP contribution < -0.4 is 0 Å². The van der Waals surface area contributed by atoms with E-state index in [9.17, 15) is 0 Å². The van der Waals surface area contributed by atoms with Gasteiger partial charge in [-0.15, -0.1) is 32.8 Å². The third-order valence-electron chi connectivity index (χ3n) is 0. The van der Waals surface area contributed by atoms with Gasteiger partial charge in [-0.05, 0) is 40.0 Å². The van der Waals surface area contributed by atoms with E-state index in [0.717, 1.165) is 0 Å². The summed E-state index contributed by atoms with van der Waals surface area (Å²) < 4.78 is 24.1. The van der Waals surface area contributed by atoms with E-state index in [1.807, 2.05) is 0 Å². The molecule has 3 nitrogen and oxygen atoms in total. The van der Waals surface area contributed by atoms with Gasteiger partial charge >= 0.3 is 0 Å². The predicted octanol–water partition coefficient (Wildman–Crippen LogP) is 2.63. The second-order valence-corrected chi connectivity index (χ2v) is 8.70. The highest BCUT2D eigenvalue weighted by Crippen LogP contribution is 2.14. The summed E-state index contributed by atoms with van der Waals surface area (Å²) in [7, 11) is 0.759. The first-order chi connectivity index (χ1) is 5.20. The van der Waals surface area contributed by atoms with Crippen LogP contribution >= 0.6 is 32.8 Å². The van der Waals surface area contributed by atoms with Crippen molar-refractivity contribution in [2.75, 3.05) is 40.0 Å². The molecule has 0 aliphatic carbocycles. The lowest BCUT2D eigenvalue weighted by atomic mass is 11.9. The highest BCUT2D eigenvalue weighted by Gasteiger charge is 1.66. The molecule has 0 aliphatic rings. The molecule has 13 heavy (non-hydrogen) atoms. The van der Waals surface area contributed by atoms with Crippen LogP contribution in [0, 0.1) is 0 Å². The monoisotopic (exact) mass is 313 g/mol. The van der Waals surface area contributed by atoms with E-state index in [4.69, 9.17) is 13.3 Å². The van der Waals surface area contributed by atoms with Gasteiger partial charge in [-0.25, -0.2) is 4.21 Å². The first-order valence-corrected chi connectivity index (χ1v) is 9.60. The van der Waals surface area contributed by atoms with Gasteiger partial charge < -0.3 is 9.11 Å². The van der Waals surface area contributed by atoms with E-state index in [-0.39, 0.29) is 17.0 Å². The minimum atomic E-state index is -2.86. The Morgan fingerprint density at radius 1 is 1.00 bits per heavy atom. The maximum Gasteiger partial charge on any atom is 0.0814 e. The Morgan fingerprint density at radius 2 is 1.00 bits per heavy atom. The van der Waals surface area contributed by atoms with Crippen molar-refractivity contribution in [1.29, 1.82) is 0 Å². The second kappa shape index (κ2) is 19.1. The first-order valence-electron chi connectivity index (χ1n) is 3.20. The zero-order chi connectivity index (χ0) is 10.7. The van der Waals surface area contributed by atoms with Crippen molar-refractivity contribution in [3.05, 3.63) is 0 Å². The standard InChI is InChI=1S/2C3H9P.BrH.H2O3S/c2*1-4(2)3;;1-4(2)3/h2*1-3H3;1H;(H2,1,2,3)/p-1. The normalized spacial score (nSPS) is 10.3. The third-order valence-corrected chi connectivity index (χ3v) is 0. The zero-order valence-electron chi connectivity index (χ0n) is 8.97. The number of halogens is 1. The molecule has 0 amide bonds. The molecule has 0 aromatic rings. The second-order valence-electron chi connectivity index (χ2n) is 2.90. The van der Waals surface area contributed by atoms with Crippen LogP contribution in [0.3, 0.4) is 0 Å². The first kappa shape index (κ1) is 23.9. The van der Waals surface area contributed by atoms with Crippen LogP contribution in [0.1, 0.15) is 0 Å². The fraction of sp³-hybridized carbons (Fsp3) is 1.00. The molecular formula is C6H20BrO3P2S-. The zero-order valence-corrected chi connectivity index (χ0v) is 13.3. The summed E-state index contributed by atoms with van der Waals surface area (Å²) in [5.41, 5.74) is 0. The van der Waals surface area contributed by atoms with Crippen molar-refractivity contribution >= 4 is 44.2 Å². The van der Waals surface area contributed by atoms with E-state index in [1.165, 1.54) is 0 Å². The maximum atomic E-state index is 8.56. The summed E-state index contributed by atoms with van der Waals surface area (Å²) in [6.07, 6.45) is 0. The van der Waals surface area contributed by atoms with Crippen LogP contribution in [0.4, 0.5) is 0 Å². The average Bonchev–Trinajstić information content (AvgIpc) is 1.54. The van der Waals surface area contributed by atoms with E-state index < -0.39 is 11.4 Å². The molecule has 86 valence electrons. The Labute approximate surface area is 97.5 Å². The molecular weight excluding hydrogens is 294 g/mol. The predicted molar refractivity (Wildman–Crippen MR) is 71.3 cm³/mol. The quantitative estimate of drug-likeness (QED) is 0.552. The SMILES string of the molecule is Br.CP(C)C.CP(C)C.O=S([O-])O. The molecule has 0 bridgehead atoms. The molecule has 7 heteroatoms. The molecule has 0 rings (SSSR count). The Bertz CT molecular complexity index is 88.4. The lowest BCUT2D eigenvalue weighted by Crippen LogP contribution is -1.75. The Morgan fingerprint density at radius 3 is 1.00 bits per heavy atom. The van der Waals surface area contributed by atoms with Crippen molar-refractivity contribution in [1.82, 2.24) is 0 Å². The van der Waals surface area contributed by atoms with Gasteiger partial charge in [0.1, 0.15) is 0 Å². The van der Waals surface area contributed by atoms with Gasteiger partial charge in [0.25, 0.3) is 0 Å². The highest BCUT2D eigenvalue weighted by atomic mass is 79.9. The molecule has 0 saturated carbocycles. The molecule has 0 aromatic heterocycles. The minimum Gasteiger partial charge on any atom is -0.750 e. The maximum absolute atomic E-state index is 8.56. The third kappa shape index (κ3) is 878. The van der Waals surface area contributed by atoms with Crippen LogP contribution in [-0.2, 0) is 11.4 Å². The van der Waals surface area contributed by atoms with Gasteiger partial charge in [-0.3, -0.25) is 0 Å². The van der Waals surface area contributed by atoms with Gasteiger partial charge in [0.15, 0.2) is 0 Å². The molecule has 0 radical (unpaired) electrons. The number of hydrogen-bond acceptors (Lipinski definition) is 2. The number of hydrogen-bond donors (Lipinski definition) is 1. The Kier molecular flexibility index (Phi) is 35.1. The van der Waals surface area contributed by atoms with Gasteiger partial charge in [-0.1, -0.05) is 0 Å². The van der Waals surface area contributed by atoms with Gasteiger partial charge in [-0.2, -0.15) is 0 Å². The molecule has 1 atom stereocenters. The molecule has 0 saturated heterocycles. The van der Waals surface area contributed by atoms with Crippen LogP contribution in [0.2, 0.25) is 0 Å². The topological polar surface area (TPSA) is 60.4 Å². The molecule has 0 fully saturated rings. The summed E-state index contributed by atoms with van der Waals surface area (Å²) >= 11 is -2.86. The number of rotatable bonds is 0. The Balaban J connectivity index is -0.0000000450. The van der Waals surface area contributed by atoms with Crippen molar-refractivity contribution in [2.45, 2.75) is 0 Å². The van der Waals surface area contributed by atoms with Crippen molar-refractivity contribution in [3.63, 3.8) is 0 Å². The van der Waals surface area contributed by atoms with E-state index in [0.29, 0.717) is 15.8 Å². The lowest BCUT2D eigenvalue weighted by molar-refractivity contribution is 0.436. The highest BCUT2D eigenvalue weighted by molar-refractivity contribution is 8.93. The van der Waals surface area contributed by atoms with Crippen LogP contribution in [-0.4, -0.2) is 53.3 Å². The summed E-state index contributed by atoms with van der Waals surface area (Å²) in [5, 5.41) is 0. The van der Waals surface area contributed by atoms with Gasteiger partial charge in [0.05, 0.1) is 11.4 Å². The fourth-order valence-electron chi connectivity index (χ4n) is 0. The molecule has 1 unspecified atom stereocenters. The molecule has 0 heterocycles. The van der Waals surface area contributed by atoms with Gasteiger partial charge in [0, 0.05) is 0 Å². The molecule has 0 spiro atoms. The summed E-state index contributed by atoms with van der Waals surface area (Å²) in [6, 6.07) is 0. The van der Waals surface area contributed by atoms with Crippen LogP contribution in [0.25, 0.3) is 0 Å². The van der Waals surface area contributed by atoms with Gasteiger partial charge in [0.2, 0.25) is 0 Å². The summed E-state index contributed by atoms with van der Waals surface area (Å²) in [4.78, 5) is 0. The fourth-order valence-corrected chi connectivity index (χ4v) is 0. The Hall–Kier alpha value is 1.41. The van der Waals surface area contributed by atoms with Crippen molar-refractivity contribution in [3.8, 4) is 0 Å². The summed E-state index contributed by atoms with van der Waals surface area (Å²) in [6.45, 7) is 13.4. The van der Waals surface area contributed by atoms with Crippen LogP contribution in [0.5, 0.6) is 0 Å². The molecule has 1 N–H and O–H groups in total. The average molecular weight is 314 g/mol. The summed E-state index contributed by atoms with van der Waals surface area (Å²) in [5.74, 6) is 0. The van der Waals surface area contributed by atoms with Crippen LogP contribution in [0.15, 0.2) is 0 Å². The molecule has 0 aliphatic heterocycles. The van der Waals surface area contributed by atoms with E-state index >= 15 is 0 Å². The molecule has 0 aromatic carbocycles. The smallest absolute Gasteiger partial charge is 0.0814 e. The van der Waals surface area contributed by atoms with E-state index in [2.05, 4.69) is 40.0 Å². The largest absolute Gasteiger partial charge is 0.750 e. The van der Waals surface area contributed by atoms with Crippen molar-refractivity contribution < 1.29 is 13.3 Å². The minimum absolute atomic E-state index is 0. The van der Waals surface area contributed by atoms with Crippen molar-refractivity contribution in [2.24, 2.45) is 0 Å².